The molecule has 0 aliphatic heterocycles. The zero-order valence-corrected chi connectivity index (χ0v) is 13.8. The van der Waals surface area contributed by atoms with Crippen LogP contribution in [0.25, 0.3) is 0 Å². The number of hydrogen-bond acceptors (Lipinski definition) is 3. The van der Waals surface area contributed by atoms with Crippen molar-refractivity contribution in [2.24, 2.45) is 0 Å². The van der Waals surface area contributed by atoms with E-state index in [4.69, 9.17) is 23.2 Å². The molecule has 19 heavy (non-hydrogen) atoms. The number of carbonyl (C=O) groups is 1. The van der Waals surface area contributed by atoms with Gasteiger partial charge in [-0.15, -0.1) is 0 Å². The Morgan fingerprint density at radius 1 is 1.05 bits per heavy atom. The van der Waals surface area contributed by atoms with Crippen molar-refractivity contribution in [2.45, 2.75) is 0 Å². The summed E-state index contributed by atoms with van der Waals surface area (Å²) in [6.45, 7) is 0. The van der Waals surface area contributed by atoms with Crippen LogP contribution in [0.15, 0.2) is 33.5 Å². The minimum Gasteiger partial charge on any atom is -0.319 e. The molecular weight excluding hydrogens is 421 g/mol. The van der Waals surface area contributed by atoms with E-state index in [-0.39, 0.29) is 15.9 Å². The summed E-state index contributed by atoms with van der Waals surface area (Å²) in [5, 5.41) is 2.93. The largest absolute Gasteiger partial charge is 0.319 e. The Kier molecular flexibility index (Phi) is 4.78. The van der Waals surface area contributed by atoms with Gasteiger partial charge < -0.3 is 5.32 Å². The van der Waals surface area contributed by atoms with Crippen molar-refractivity contribution in [2.75, 3.05) is 5.32 Å². The molecule has 0 unspecified atom stereocenters. The van der Waals surface area contributed by atoms with Gasteiger partial charge in [0.15, 0.2) is 5.15 Å². The third-order valence-corrected chi connectivity index (χ3v) is 3.57. The van der Waals surface area contributed by atoms with E-state index in [2.05, 4.69) is 47.1 Å². The van der Waals surface area contributed by atoms with Gasteiger partial charge in [0.25, 0.3) is 5.91 Å². The first-order valence-electron chi connectivity index (χ1n) is 4.91. The molecular formula is C11H5Br2Cl2N3O. The lowest BCUT2D eigenvalue weighted by Crippen LogP contribution is -2.13. The van der Waals surface area contributed by atoms with Gasteiger partial charge >= 0.3 is 0 Å². The molecule has 2 rings (SSSR count). The molecule has 2 heterocycles. The lowest BCUT2D eigenvalue weighted by atomic mass is 10.2. The molecule has 1 N–H and O–H groups in total. The van der Waals surface area contributed by atoms with Gasteiger partial charge in [0, 0.05) is 21.3 Å². The number of amides is 1. The molecule has 0 atom stereocenters. The van der Waals surface area contributed by atoms with Crippen molar-refractivity contribution >= 4 is 66.7 Å². The fourth-order valence-electron chi connectivity index (χ4n) is 1.28. The van der Waals surface area contributed by atoms with Gasteiger partial charge in [0.1, 0.15) is 5.15 Å². The first-order chi connectivity index (χ1) is 8.97. The molecule has 0 bridgehead atoms. The van der Waals surface area contributed by atoms with Crippen LogP contribution >= 0.6 is 55.1 Å². The Morgan fingerprint density at radius 3 is 2.32 bits per heavy atom. The molecule has 0 aliphatic rings. The summed E-state index contributed by atoms with van der Waals surface area (Å²) in [5.74, 6) is -0.416. The van der Waals surface area contributed by atoms with E-state index in [1.54, 1.807) is 12.1 Å². The molecule has 0 saturated carbocycles. The van der Waals surface area contributed by atoms with Crippen LogP contribution in [0.2, 0.25) is 10.3 Å². The summed E-state index contributed by atoms with van der Waals surface area (Å²) in [6, 6.07) is 3.22. The second-order valence-corrected chi connectivity index (χ2v) is 5.99. The van der Waals surface area contributed by atoms with Crippen LogP contribution in [0, 0.1) is 0 Å². The normalized spacial score (nSPS) is 10.3. The Bertz CT molecular complexity index is 652. The lowest BCUT2D eigenvalue weighted by Gasteiger charge is -2.08. The number of hydrogen-bond donors (Lipinski definition) is 1. The van der Waals surface area contributed by atoms with E-state index in [9.17, 15) is 4.79 Å². The Labute approximate surface area is 135 Å². The van der Waals surface area contributed by atoms with E-state index in [1.165, 1.54) is 12.4 Å². The van der Waals surface area contributed by atoms with E-state index in [0.29, 0.717) is 14.6 Å². The molecule has 0 aliphatic carbocycles. The molecule has 0 radical (unpaired) electrons. The average Bonchev–Trinajstić information content (AvgIpc) is 2.36. The molecule has 0 fully saturated rings. The number of anilines is 1. The molecule has 98 valence electrons. The van der Waals surface area contributed by atoms with Gasteiger partial charge in [0.2, 0.25) is 0 Å². The topological polar surface area (TPSA) is 54.9 Å². The number of carbonyl (C=O) groups excluding carboxylic acids is 1. The predicted octanol–water partition coefficient (Wildman–Crippen LogP) is 4.56. The van der Waals surface area contributed by atoms with Gasteiger partial charge in [-0.3, -0.25) is 4.79 Å². The second kappa shape index (κ2) is 6.17. The summed E-state index contributed by atoms with van der Waals surface area (Å²) in [7, 11) is 0. The second-order valence-electron chi connectivity index (χ2n) is 3.44. The third-order valence-electron chi connectivity index (χ3n) is 2.10. The number of nitrogens with zero attached hydrogens (tertiary/aromatic N) is 2. The van der Waals surface area contributed by atoms with Gasteiger partial charge in [-0.2, -0.15) is 0 Å². The minimum absolute atomic E-state index is 0.111. The highest BCUT2D eigenvalue weighted by Crippen LogP contribution is 2.25. The maximum absolute atomic E-state index is 12.1. The van der Waals surface area contributed by atoms with Crippen molar-refractivity contribution in [3.8, 4) is 0 Å². The van der Waals surface area contributed by atoms with Crippen LogP contribution in [0.5, 0.6) is 0 Å². The maximum Gasteiger partial charge on any atom is 0.258 e. The summed E-state index contributed by atoms with van der Waals surface area (Å²) in [5.41, 5.74) is 0.629. The summed E-state index contributed by atoms with van der Waals surface area (Å²) in [4.78, 5) is 19.9. The molecule has 2 aromatic heterocycles. The number of pyridine rings is 2. The Balaban J connectivity index is 2.30. The number of rotatable bonds is 2. The summed E-state index contributed by atoms with van der Waals surface area (Å²) in [6.07, 6.45) is 3.04. The van der Waals surface area contributed by atoms with Crippen LogP contribution in [-0.4, -0.2) is 15.9 Å². The van der Waals surface area contributed by atoms with Crippen molar-refractivity contribution in [3.05, 3.63) is 49.3 Å². The predicted molar refractivity (Wildman–Crippen MR) is 81.8 cm³/mol. The highest BCUT2D eigenvalue weighted by Gasteiger charge is 2.14. The molecule has 4 nitrogen and oxygen atoms in total. The van der Waals surface area contributed by atoms with Crippen LogP contribution in [-0.2, 0) is 0 Å². The van der Waals surface area contributed by atoms with Crippen LogP contribution in [0.4, 0.5) is 5.69 Å². The van der Waals surface area contributed by atoms with Gasteiger partial charge in [-0.05, 0) is 44.0 Å². The standard InChI is InChI=1S/C11H5Br2Cl2N3O/c12-5-1-7(9(14)16-3-5)11(19)18-8-2-6(13)4-17-10(8)15/h1-4H,(H,18,19). The highest BCUT2D eigenvalue weighted by atomic mass is 79.9. The van der Waals surface area contributed by atoms with E-state index >= 15 is 0 Å². The van der Waals surface area contributed by atoms with E-state index in [0.717, 1.165) is 0 Å². The number of halogens is 4. The SMILES string of the molecule is O=C(Nc1cc(Br)cnc1Cl)c1cc(Br)cnc1Cl. The summed E-state index contributed by atoms with van der Waals surface area (Å²) < 4.78 is 1.35. The van der Waals surface area contributed by atoms with Crippen molar-refractivity contribution in [1.29, 1.82) is 0 Å². The van der Waals surface area contributed by atoms with Crippen molar-refractivity contribution in [3.63, 3.8) is 0 Å². The number of nitrogens with one attached hydrogen (secondary N) is 1. The molecule has 8 heteroatoms. The molecule has 0 saturated heterocycles. The Morgan fingerprint density at radius 2 is 1.63 bits per heavy atom. The van der Waals surface area contributed by atoms with Crippen LogP contribution in [0.3, 0.4) is 0 Å². The van der Waals surface area contributed by atoms with Gasteiger partial charge in [-0.25, -0.2) is 9.97 Å². The minimum atomic E-state index is -0.416. The highest BCUT2D eigenvalue weighted by molar-refractivity contribution is 9.10. The molecule has 1 amide bonds. The van der Waals surface area contributed by atoms with Crippen molar-refractivity contribution < 1.29 is 4.79 Å². The Hall–Kier alpha value is -0.690. The van der Waals surface area contributed by atoms with Crippen molar-refractivity contribution in [1.82, 2.24) is 9.97 Å². The first-order valence-corrected chi connectivity index (χ1v) is 7.25. The quantitative estimate of drug-likeness (QED) is 0.717. The fraction of sp³-hybridized carbons (Fsp3) is 0. The lowest BCUT2D eigenvalue weighted by molar-refractivity contribution is 0.102. The van der Waals surface area contributed by atoms with E-state index < -0.39 is 5.91 Å². The third kappa shape index (κ3) is 3.66. The smallest absolute Gasteiger partial charge is 0.258 e. The first kappa shape index (κ1) is 14.7. The molecule has 0 aromatic carbocycles. The molecule has 2 aromatic rings. The summed E-state index contributed by atoms with van der Waals surface area (Å²) >= 11 is 18.3. The van der Waals surface area contributed by atoms with Crippen LogP contribution < -0.4 is 5.32 Å². The zero-order chi connectivity index (χ0) is 14.0. The zero-order valence-electron chi connectivity index (χ0n) is 9.12. The maximum atomic E-state index is 12.1. The van der Waals surface area contributed by atoms with Crippen LogP contribution in [0.1, 0.15) is 10.4 Å². The number of aromatic nitrogens is 2. The van der Waals surface area contributed by atoms with Gasteiger partial charge in [-0.1, -0.05) is 23.2 Å². The van der Waals surface area contributed by atoms with Gasteiger partial charge in [0.05, 0.1) is 11.3 Å². The monoisotopic (exact) mass is 423 g/mol. The average molecular weight is 426 g/mol. The molecule has 0 spiro atoms. The van der Waals surface area contributed by atoms with E-state index in [1.807, 2.05) is 0 Å². The fourth-order valence-corrected chi connectivity index (χ4v) is 2.28.